The maximum atomic E-state index is 5.68. The Labute approximate surface area is 98.6 Å². The molecule has 1 aromatic carbocycles. The predicted octanol–water partition coefficient (Wildman–Crippen LogP) is 4.00. The van der Waals surface area contributed by atoms with Crippen molar-refractivity contribution in [1.82, 2.24) is 0 Å². The first-order chi connectivity index (χ1) is 7.58. The molecule has 0 saturated carbocycles. The van der Waals surface area contributed by atoms with Crippen LogP contribution in [0.25, 0.3) is 0 Å². The molecule has 0 saturated heterocycles. The highest BCUT2D eigenvalue weighted by molar-refractivity contribution is 5.44. The van der Waals surface area contributed by atoms with E-state index in [1.54, 1.807) is 7.11 Å². The van der Waals surface area contributed by atoms with Crippen LogP contribution in [0.1, 0.15) is 45.6 Å². The summed E-state index contributed by atoms with van der Waals surface area (Å²) >= 11 is 0. The number of methoxy groups -OCH3 is 1. The summed E-state index contributed by atoms with van der Waals surface area (Å²) in [6.45, 7) is 8.44. The van der Waals surface area contributed by atoms with Crippen molar-refractivity contribution in [2.45, 2.75) is 46.1 Å². The average Bonchev–Trinajstić information content (AvgIpc) is 2.27. The normalized spacial score (nSPS) is 12.6. The van der Waals surface area contributed by atoms with Crippen LogP contribution in [-0.2, 0) is 0 Å². The van der Waals surface area contributed by atoms with Crippen LogP contribution in [0.2, 0.25) is 0 Å². The van der Waals surface area contributed by atoms with E-state index < -0.39 is 0 Å². The van der Waals surface area contributed by atoms with E-state index >= 15 is 0 Å². The Kier molecular flexibility index (Phi) is 4.66. The lowest BCUT2D eigenvalue weighted by Gasteiger charge is -2.16. The molecule has 0 heterocycles. The molecule has 2 nitrogen and oxygen atoms in total. The van der Waals surface area contributed by atoms with Crippen molar-refractivity contribution in [3.8, 4) is 11.5 Å². The summed E-state index contributed by atoms with van der Waals surface area (Å²) < 4.78 is 11.0. The third-order valence-electron chi connectivity index (χ3n) is 2.73. The molecule has 1 unspecified atom stereocenters. The van der Waals surface area contributed by atoms with Gasteiger partial charge >= 0.3 is 0 Å². The molecule has 0 spiro atoms. The molecule has 1 aromatic rings. The minimum atomic E-state index is 0.170. The summed E-state index contributed by atoms with van der Waals surface area (Å²) in [6.07, 6.45) is 1.30. The Bertz CT molecular complexity index is 332. The second-order valence-corrected chi connectivity index (χ2v) is 4.39. The molecule has 0 aliphatic rings. The van der Waals surface area contributed by atoms with Gasteiger partial charge in [0.25, 0.3) is 0 Å². The van der Waals surface area contributed by atoms with Crippen LogP contribution in [0.15, 0.2) is 18.2 Å². The number of hydrogen-bond donors (Lipinski definition) is 0. The van der Waals surface area contributed by atoms with Gasteiger partial charge in [-0.25, -0.2) is 0 Å². The molecule has 0 amide bonds. The second kappa shape index (κ2) is 5.78. The number of hydrogen-bond acceptors (Lipinski definition) is 2. The van der Waals surface area contributed by atoms with E-state index in [0.717, 1.165) is 17.9 Å². The molecule has 16 heavy (non-hydrogen) atoms. The van der Waals surface area contributed by atoms with E-state index in [0.29, 0.717) is 5.92 Å². The van der Waals surface area contributed by atoms with E-state index in [1.165, 1.54) is 5.56 Å². The second-order valence-electron chi connectivity index (χ2n) is 4.39. The van der Waals surface area contributed by atoms with Gasteiger partial charge in [0, 0.05) is 0 Å². The van der Waals surface area contributed by atoms with Gasteiger partial charge in [-0.3, -0.25) is 0 Å². The number of ether oxygens (including phenoxy) is 2. The molecule has 90 valence electrons. The molecule has 1 atom stereocenters. The standard InChI is InChI=1S/C14H22O2/c1-6-11(4)12-7-8-13(16-10(2)3)14(9-12)15-5/h7-11H,6H2,1-5H3. The Morgan fingerprint density at radius 3 is 2.31 bits per heavy atom. The predicted molar refractivity (Wildman–Crippen MR) is 67.5 cm³/mol. The monoisotopic (exact) mass is 222 g/mol. The first-order valence-electron chi connectivity index (χ1n) is 5.93. The molecule has 2 heteroatoms. The van der Waals surface area contributed by atoms with Crippen molar-refractivity contribution >= 4 is 0 Å². The minimum absolute atomic E-state index is 0.170. The number of benzene rings is 1. The molecule has 1 rings (SSSR count). The number of rotatable bonds is 5. The molecule has 0 bridgehead atoms. The Hall–Kier alpha value is -1.18. The van der Waals surface area contributed by atoms with Gasteiger partial charge in [-0.05, 0) is 43.9 Å². The molecular weight excluding hydrogens is 200 g/mol. The third kappa shape index (κ3) is 3.16. The van der Waals surface area contributed by atoms with E-state index in [-0.39, 0.29) is 6.10 Å². The van der Waals surface area contributed by atoms with Crippen molar-refractivity contribution in [3.63, 3.8) is 0 Å². The molecule has 0 N–H and O–H groups in total. The van der Waals surface area contributed by atoms with Gasteiger partial charge in [-0.2, -0.15) is 0 Å². The molecule has 0 aromatic heterocycles. The fraction of sp³-hybridized carbons (Fsp3) is 0.571. The van der Waals surface area contributed by atoms with Crippen molar-refractivity contribution in [2.75, 3.05) is 7.11 Å². The van der Waals surface area contributed by atoms with Gasteiger partial charge in [-0.1, -0.05) is 19.9 Å². The van der Waals surface area contributed by atoms with Gasteiger partial charge in [0.05, 0.1) is 13.2 Å². The Morgan fingerprint density at radius 2 is 1.81 bits per heavy atom. The summed E-state index contributed by atoms with van der Waals surface area (Å²) in [5.41, 5.74) is 1.30. The third-order valence-corrected chi connectivity index (χ3v) is 2.73. The van der Waals surface area contributed by atoms with Crippen LogP contribution < -0.4 is 9.47 Å². The summed E-state index contributed by atoms with van der Waals surface area (Å²) in [6, 6.07) is 6.20. The zero-order valence-electron chi connectivity index (χ0n) is 10.9. The van der Waals surface area contributed by atoms with Crippen molar-refractivity contribution in [1.29, 1.82) is 0 Å². The van der Waals surface area contributed by atoms with Crippen LogP contribution in [0.4, 0.5) is 0 Å². The summed E-state index contributed by atoms with van der Waals surface area (Å²) in [4.78, 5) is 0. The fourth-order valence-corrected chi connectivity index (χ4v) is 1.58. The molecule has 0 fully saturated rings. The molecular formula is C14H22O2. The lowest BCUT2D eigenvalue weighted by Crippen LogP contribution is -2.07. The SMILES string of the molecule is CCC(C)c1ccc(OC(C)C)c(OC)c1. The van der Waals surface area contributed by atoms with Gasteiger partial charge in [0.2, 0.25) is 0 Å². The zero-order chi connectivity index (χ0) is 12.1. The highest BCUT2D eigenvalue weighted by Crippen LogP contribution is 2.32. The van der Waals surface area contributed by atoms with Crippen LogP contribution in [0.3, 0.4) is 0 Å². The first kappa shape index (κ1) is 12.9. The summed E-state index contributed by atoms with van der Waals surface area (Å²) in [5, 5.41) is 0. The average molecular weight is 222 g/mol. The lowest BCUT2D eigenvalue weighted by atomic mass is 9.98. The minimum Gasteiger partial charge on any atom is -0.493 e. The largest absolute Gasteiger partial charge is 0.493 e. The van der Waals surface area contributed by atoms with Crippen LogP contribution in [-0.4, -0.2) is 13.2 Å². The highest BCUT2D eigenvalue weighted by atomic mass is 16.5. The van der Waals surface area contributed by atoms with Crippen molar-refractivity contribution in [3.05, 3.63) is 23.8 Å². The molecule has 0 aliphatic carbocycles. The highest BCUT2D eigenvalue weighted by Gasteiger charge is 2.10. The van der Waals surface area contributed by atoms with E-state index in [9.17, 15) is 0 Å². The van der Waals surface area contributed by atoms with Crippen LogP contribution in [0.5, 0.6) is 11.5 Å². The van der Waals surface area contributed by atoms with Crippen molar-refractivity contribution in [2.24, 2.45) is 0 Å². The maximum absolute atomic E-state index is 5.68. The van der Waals surface area contributed by atoms with E-state index in [2.05, 4.69) is 26.0 Å². The van der Waals surface area contributed by atoms with Crippen molar-refractivity contribution < 1.29 is 9.47 Å². The lowest BCUT2D eigenvalue weighted by molar-refractivity contribution is 0.230. The van der Waals surface area contributed by atoms with Gasteiger partial charge < -0.3 is 9.47 Å². The maximum Gasteiger partial charge on any atom is 0.161 e. The fourth-order valence-electron chi connectivity index (χ4n) is 1.58. The van der Waals surface area contributed by atoms with Gasteiger partial charge in [0.1, 0.15) is 0 Å². The van der Waals surface area contributed by atoms with Gasteiger partial charge in [-0.15, -0.1) is 0 Å². The van der Waals surface area contributed by atoms with E-state index in [4.69, 9.17) is 9.47 Å². The molecule has 0 radical (unpaired) electrons. The van der Waals surface area contributed by atoms with Crippen LogP contribution >= 0.6 is 0 Å². The summed E-state index contributed by atoms with van der Waals surface area (Å²) in [7, 11) is 1.68. The quantitative estimate of drug-likeness (QED) is 0.749. The van der Waals surface area contributed by atoms with Gasteiger partial charge in [0.15, 0.2) is 11.5 Å². The smallest absolute Gasteiger partial charge is 0.161 e. The Balaban J connectivity index is 2.97. The summed E-state index contributed by atoms with van der Waals surface area (Å²) in [5.74, 6) is 2.21. The first-order valence-corrected chi connectivity index (χ1v) is 5.93. The zero-order valence-corrected chi connectivity index (χ0v) is 10.9. The van der Waals surface area contributed by atoms with Crippen LogP contribution in [0, 0.1) is 0 Å². The topological polar surface area (TPSA) is 18.5 Å². The molecule has 0 aliphatic heterocycles. The Morgan fingerprint density at radius 1 is 1.12 bits per heavy atom. The van der Waals surface area contributed by atoms with E-state index in [1.807, 2.05) is 19.9 Å².